The lowest BCUT2D eigenvalue weighted by Crippen LogP contribution is -2.39. The molecule has 2 rings (SSSR count). The number of nitrogens with zero attached hydrogens (tertiary/aromatic N) is 2. The topological polar surface area (TPSA) is 97.2 Å². The molecule has 0 unspecified atom stereocenters. The average Bonchev–Trinajstić information content (AvgIpc) is 2.59. The minimum Gasteiger partial charge on any atom is -0.372 e. The highest BCUT2D eigenvalue weighted by Crippen LogP contribution is 2.34. The lowest BCUT2D eigenvalue weighted by molar-refractivity contribution is -0.384. The molecule has 1 aromatic heterocycles. The highest BCUT2D eigenvalue weighted by Gasteiger charge is 2.31. The van der Waals surface area contributed by atoms with Crippen LogP contribution >= 0.6 is 11.6 Å². The predicted molar refractivity (Wildman–Crippen MR) is 98.2 cm³/mol. The molecular formula is C17H16ClF3N4O3. The fourth-order valence-corrected chi connectivity index (χ4v) is 2.59. The summed E-state index contributed by atoms with van der Waals surface area (Å²) in [7, 11) is 0. The minimum atomic E-state index is -4.54. The van der Waals surface area contributed by atoms with Crippen molar-refractivity contribution in [3.8, 4) is 0 Å². The van der Waals surface area contributed by atoms with Gasteiger partial charge in [0.05, 0.1) is 21.2 Å². The number of anilines is 2. The fraction of sp³-hybridized carbons (Fsp3) is 0.294. The van der Waals surface area contributed by atoms with Crippen LogP contribution in [0.2, 0.25) is 5.02 Å². The Balaban J connectivity index is 2.25. The molecule has 1 heterocycles. The van der Waals surface area contributed by atoms with E-state index in [1.807, 2.05) is 0 Å². The molecule has 0 saturated carbocycles. The third-order valence-corrected chi connectivity index (χ3v) is 4.12. The van der Waals surface area contributed by atoms with Gasteiger partial charge in [0.15, 0.2) is 0 Å². The molecule has 7 nitrogen and oxygen atoms in total. The van der Waals surface area contributed by atoms with E-state index in [-0.39, 0.29) is 28.0 Å². The number of pyridine rings is 1. The van der Waals surface area contributed by atoms with Crippen molar-refractivity contribution in [2.45, 2.75) is 26.1 Å². The molecule has 2 N–H and O–H groups in total. The van der Waals surface area contributed by atoms with Crippen LogP contribution in [0.5, 0.6) is 0 Å². The molecule has 11 heteroatoms. The van der Waals surface area contributed by atoms with Crippen molar-refractivity contribution in [3.63, 3.8) is 0 Å². The summed E-state index contributed by atoms with van der Waals surface area (Å²) in [4.78, 5) is 26.6. The van der Waals surface area contributed by atoms with Crippen molar-refractivity contribution >= 4 is 34.6 Å². The number of carbonyl (C=O) groups excluding carboxylic acids is 1. The van der Waals surface area contributed by atoms with Gasteiger partial charge in [0, 0.05) is 6.20 Å². The van der Waals surface area contributed by atoms with Crippen LogP contribution < -0.4 is 10.6 Å². The first-order chi connectivity index (χ1) is 13.0. The highest BCUT2D eigenvalue weighted by molar-refractivity contribution is 6.33. The number of alkyl halides is 3. The number of carbonyl (C=O) groups is 1. The van der Waals surface area contributed by atoms with E-state index in [9.17, 15) is 28.1 Å². The van der Waals surface area contributed by atoms with Gasteiger partial charge in [-0.2, -0.15) is 13.2 Å². The van der Waals surface area contributed by atoms with Crippen LogP contribution in [0.3, 0.4) is 0 Å². The first kappa shape index (κ1) is 21.4. The van der Waals surface area contributed by atoms with Gasteiger partial charge in [0.2, 0.25) is 5.91 Å². The second-order valence-corrected chi connectivity index (χ2v) is 6.60. The minimum absolute atomic E-state index is 0.0454. The normalized spacial score (nSPS) is 12.5. The third kappa shape index (κ3) is 5.10. The SMILES string of the molecule is CC(C)[C@H](Nc1ccc(C(F)(F)F)cc1Cl)C(=O)Nc1ccncc1[N+](=O)[O-]. The van der Waals surface area contributed by atoms with Crippen molar-refractivity contribution in [3.05, 3.63) is 57.4 Å². The van der Waals surface area contributed by atoms with Crippen LogP contribution in [0.15, 0.2) is 36.7 Å². The maximum Gasteiger partial charge on any atom is 0.416 e. The lowest BCUT2D eigenvalue weighted by Gasteiger charge is -2.23. The van der Waals surface area contributed by atoms with E-state index in [2.05, 4.69) is 15.6 Å². The molecule has 0 spiro atoms. The first-order valence-corrected chi connectivity index (χ1v) is 8.41. The summed E-state index contributed by atoms with van der Waals surface area (Å²) in [5, 5.41) is 16.1. The van der Waals surface area contributed by atoms with E-state index in [0.717, 1.165) is 24.4 Å². The molecule has 1 aromatic carbocycles. The summed E-state index contributed by atoms with van der Waals surface area (Å²) < 4.78 is 38.3. The van der Waals surface area contributed by atoms with Gasteiger partial charge in [0.1, 0.15) is 17.9 Å². The molecule has 0 fully saturated rings. The van der Waals surface area contributed by atoms with Gasteiger partial charge in [0.25, 0.3) is 0 Å². The second kappa shape index (κ2) is 8.42. The van der Waals surface area contributed by atoms with Crippen LogP contribution in [-0.4, -0.2) is 21.9 Å². The molecule has 0 saturated heterocycles. The Kier molecular flexibility index (Phi) is 6.45. The van der Waals surface area contributed by atoms with Gasteiger partial charge in [-0.1, -0.05) is 25.4 Å². The molecule has 0 bridgehead atoms. The molecule has 150 valence electrons. The molecule has 0 aliphatic heterocycles. The summed E-state index contributed by atoms with van der Waals surface area (Å²) in [5.74, 6) is -0.917. The Morgan fingerprint density at radius 3 is 2.46 bits per heavy atom. The number of benzene rings is 1. The molecule has 0 aliphatic carbocycles. The average molecular weight is 417 g/mol. The number of halogens is 4. The summed E-state index contributed by atoms with van der Waals surface area (Å²) in [5.41, 5.74) is -1.21. The van der Waals surface area contributed by atoms with E-state index in [1.165, 1.54) is 12.3 Å². The molecule has 1 amide bonds. The Bertz CT molecular complexity index is 890. The molecule has 0 aliphatic rings. The number of nitrogens with one attached hydrogen (secondary N) is 2. The number of nitro groups is 1. The van der Waals surface area contributed by atoms with E-state index < -0.39 is 28.6 Å². The Hall–Kier alpha value is -2.88. The van der Waals surface area contributed by atoms with Crippen molar-refractivity contribution in [1.82, 2.24) is 4.98 Å². The number of rotatable bonds is 6. The molecular weight excluding hydrogens is 401 g/mol. The molecule has 1 atom stereocenters. The van der Waals surface area contributed by atoms with Gasteiger partial charge < -0.3 is 10.6 Å². The number of amides is 1. The van der Waals surface area contributed by atoms with Crippen LogP contribution in [0.25, 0.3) is 0 Å². The van der Waals surface area contributed by atoms with Gasteiger partial charge in [-0.3, -0.25) is 19.9 Å². The van der Waals surface area contributed by atoms with Crippen LogP contribution in [0, 0.1) is 16.0 Å². The summed E-state index contributed by atoms with van der Waals surface area (Å²) in [6.45, 7) is 3.41. The number of hydrogen-bond acceptors (Lipinski definition) is 5. The Morgan fingerprint density at radius 1 is 1.25 bits per heavy atom. The molecule has 2 aromatic rings. The zero-order valence-corrected chi connectivity index (χ0v) is 15.5. The van der Waals surface area contributed by atoms with E-state index >= 15 is 0 Å². The molecule has 0 radical (unpaired) electrons. The maximum absolute atomic E-state index is 12.8. The smallest absolute Gasteiger partial charge is 0.372 e. The standard InChI is InChI=1S/C17H16ClF3N4O3/c1-9(2)15(16(26)24-13-5-6-22-8-14(13)25(27)28)23-12-4-3-10(7-11(12)18)17(19,20)21/h3-9,15,23H,1-2H3,(H,22,24,26)/t15-/m0/s1. The van der Waals surface area contributed by atoms with Crippen LogP contribution in [-0.2, 0) is 11.0 Å². The van der Waals surface area contributed by atoms with Crippen molar-refractivity contribution in [2.75, 3.05) is 10.6 Å². The van der Waals surface area contributed by atoms with Gasteiger partial charge in [-0.05, 0) is 30.2 Å². The van der Waals surface area contributed by atoms with E-state index in [4.69, 9.17) is 11.6 Å². The lowest BCUT2D eigenvalue weighted by atomic mass is 10.0. The van der Waals surface area contributed by atoms with Crippen molar-refractivity contribution in [1.29, 1.82) is 0 Å². The summed E-state index contributed by atoms with van der Waals surface area (Å²) in [6.07, 6.45) is -2.26. The van der Waals surface area contributed by atoms with Crippen LogP contribution in [0.4, 0.5) is 30.2 Å². The van der Waals surface area contributed by atoms with Crippen molar-refractivity contribution < 1.29 is 22.9 Å². The monoisotopic (exact) mass is 416 g/mol. The van der Waals surface area contributed by atoms with E-state index in [1.54, 1.807) is 13.8 Å². The number of aromatic nitrogens is 1. The highest BCUT2D eigenvalue weighted by atomic mass is 35.5. The van der Waals surface area contributed by atoms with Gasteiger partial charge in [-0.25, -0.2) is 0 Å². The zero-order valence-electron chi connectivity index (χ0n) is 14.7. The second-order valence-electron chi connectivity index (χ2n) is 6.20. The maximum atomic E-state index is 12.8. The van der Waals surface area contributed by atoms with Crippen molar-refractivity contribution in [2.24, 2.45) is 5.92 Å². The zero-order chi connectivity index (χ0) is 21.1. The summed E-state index contributed by atoms with van der Waals surface area (Å²) >= 11 is 5.92. The summed E-state index contributed by atoms with van der Waals surface area (Å²) in [6, 6.07) is 3.09. The fourth-order valence-electron chi connectivity index (χ4n) is 2.36. The Morgan fingerprint density at radius 2 is 1.93 bits per heavy atom. The Labute approximate surface area is 163 Å². The predicted octanol–water partition coefficient (Wildman–Crippen LogP) is 4.74. The number of hydrogen-bond donors (Lipinski definition) is 2. The largest absolute Gasteiger partial charge is 0.416 e. The first-order valence-electron chi connectivity index (χ1n) is 8.03. The van der Waals surface area contributed by atoms with E-state index in [0.29, 0.717) is 0 Å². The quantitative estimate of drug-likeness (QED) is 0.523. The van der Waals surface area contributed by atoms with Gasteiger partial charge in [-0.15, -0.1) is 0 Å². The van der Waals surface area contributed by atoms with Crippen LogP contribution in [0.1, 0.15) is 19.4 Å². The molecule has 28 heavy (non-hydrogen) atoms. The third-order valence-electron chi connectivity index (χ3n) is 3.81. The van der Waals surface area contributed by atoms with Gasteiger partial charge >= 0.3 is 11.9 Å².